The van der Waals surface area contributed by atoms with Crippen LogP contribution in [0.15, 0.2) is 47.8 Å². The van der Waals surface area contributed by atoms with Crippen molar-refractivity contribution in [2.45, 2.75) is 26.1 Å². The number of hydrogen-bond acceptors (Lipinski definition) is 2. The molecule has 84 valence electrons. The van der Waals surface area contributed by atoms with Crippen molar-refractivity contribution in [2.24, 2.45) is 0 Å². The molecule has 0 aliphatic rings. The highest BCUT2D eigenvalue weighted by atomic mass is 32.1. The molecule has 0 aliphatic carbocycles. The van der Waals surface area contributed by atoms with Gasteiger partial charge in [0.05, 0.1) is 12.7 Å². The second-order valence-corrected chi connectivity index (χ2v) is 4.92. The van der Waals surface area contributed by atoms with E-state index in [1.807, 2.05) is 18.2 Å². The standard InChI is InChI=1S/C14H16OS/c1-12(10-14-8-5-9-16-14)15-11-13-6-3-2-4-7-13/h2-9,12H,10-11H2,1H3. The van der Waals surface area contributed by atoms with Crippen molar-refractivity contribution in [3.63, 3.8) is 0 Å². The summed E-state index contributed by atoms with van der Waals surface area (Å²) in [5, 5.41) is 2.11. The SMILES string of the molecule is CC(Cc1cccs1)OCc1ccccc1. The Morgan fingerprint density at radius 1 is 1.12 bits per heavy atom. The summed E-state index contributed by atoms with van der Waals surface area (Å²) < 4.78 is 5.81. The molecule has 0 radical (unpaired) electrons. The van der Waals surface area contributed by atoms with E-state index in [-0.39, 0.29) is 6.10 Å². The van der Waals surface area contributed by atoms with Gasteiger partial charge in [-0.2, -0.15) is 0 Å². The van der Waals surface area contributed by atoms with Crippen LogP contribution in [0.2, 0.25) is 0 Å². The third kappa shape index (κ3) is 3.47. The molecule has 1 unspecified atom stereocenters. The summed E-state index contributed by atoms with van der Waals surface area (Å²) in [5.41, 5.74) is 1.24. The molecule has 2 aromatic rings. The zero-order chi connectivity index (χ0) is 11.2. The van der Waals surface area contributed by atoms with Crippen molar-refractivity contribution < 1.29 is 4.74 Å². The molecule has 0 saturated carbocycles. The van der Waals surface area contributed by atoms with Gasteiger partial charge in [-0.15, -0.1) is 11.3 Å². The van der Waals surface area contributed by atoms with Gasteiger partial charge in [0, 0.05) is 11.3 Å². The smallest absolute Gasteiger partial charge is 0.0720 e. The normalized spacial score (nSPS) is 12.6. The summed E-state index contributed by atoms with van der Waals surface area (Å²) in [6.45, 7) is 2.83. The van der Waals surface area contributed by atoms with Crippen LogP contribution in [0.25, 0.3) is 0 Å². The third-order valence-corrected chi connectivity index (χ3v) is 3.34. The molecule has 0 saturated heterocycles. The van der Waals surface area contributed by atoms with Crippen molar-refractivity contribution in [3.05, 3.63) is 58.3 Å². The van der Waals surface area contributed by atoms with Gasteiger partial charge in [0.2, 0.25) is 0 Å². The molecular formula is C14H16OS. The first-order valence-corrected chi connectivity index (χ1v) is 6.40. The fourth-order valence-electron chi connectivity index (χ4n) is 1.58. The number of hydrogen-bond donors (Lipinski definition) is 0. The Bertz CT molecular complexity index is 394. The Kier molecular flexibility index (Phi) is 4.14. The molecule has 2 rings (SSSR count). The van der Waals surface area contributed by atoms with Crippen LogP contribution < -0.4 is 0 Å². The number of thiophene rings is 1. The lowest BCUT2D eigenvalue weighted by Crippen LogP contribution is -2.10. The number of ether oxygens (including phenoxy) is 1. The first-order chi connectivity index (χ1) is 7.84. The quantitative estimate of drug-likeness (QED) is 0.759. The summed E-state index contributed by atoms with van der Waals surface area (Å²) in [5.74, 6) is 0. The lowest BCUT2D eigenvalue weighted by Gasteiger charge is -2.11. The first kappa shape index (κ1) is 11.4. The molecule has 1 aromatic carbocycles. The average molecular weight is 232 g/mol. The van der Waals surface area contributed by atoms with Crippen LogP contribution in [-0.4, -0.2) is 6.10 Å². The van der Waals surface area contributed by atoms with Crippen molar-refractivity contribution in [1.82, 2.24) is 0 Å². The Hall–Kier alpha value is -1.12. The van der Waals surface area contributed by atoms with Crippen LogP contribution in [0.3, 0.4) is 0 Å². The van der Waals surface area contributed by atoms with E-state index < -0.39 is 0 Å². The predicted molar refractivity (Wildman–Crippen MR) is 68.7 cm³/mol. The fourth-order valence-corrected chi connectivity index (χ4v) is 2.40. The minimum Gasteiger partial charge on any atom is -0.373 e. The lowest BCUT2D eigenvalue weighted by atomic mass is 10.2. The van der Waals surface area contributed by atoms with Gasteiger partial charge in [0.1, 0.15) is 0 Å². The molecule has 2 heteroatoms. The van der Waals surface area contributed by atoms with Crippen LogP contribution in [0.1, 0.15) is 17.4 Å². The second kappa shape index (κ2) is 5.83. The Labute approximate surface area is 101 Å². The first-order valence-electron chi connectivity index (χ1n) is 5.52. The highest BCUT2D eigenvalue weighted by molar-refractivity contribution is 7.09. The van der Waals surface area contributed by atoms with Crippen molar-refractivity contribution in [2.75, 3.05) is 0 Å². The van der Waals surface area contributed by atoms with Gasteiger partial charge in [0.15, 0.2) is 0 Å². The van der Waals surface area contributed by atoms with Crippen LogP contribution in [0, 0.1) is 0 Å². The summed E-state index contributed by atoms with van der Waals surface area (Å²) in [6.07, 6.45) is 1.28. The van der Waals surface area contributed by atoms with Gasteiger partial charge in [-0.25, -0.2) is 0 Å². The Balaban J connectivity index is 1.78. The minimum atomic E-state index is 0.277. The monoisotopic (exact) mass is 232 g/mol. The summed E-state index contributed by atoms with van der Waals surface area (Å²) in [6, 6.07) is 14.6. The second-order valence-electron chi connectivity index (χ2n) is 3.89. The molecule has 0 N–H and O–H groups in total. The highest BCUT2D eigenvalue weighted by Crippen LogP contribution is 2.13. The van der Waals surface area contributed by atoms with E-state index in [0.717, 1.165) is 6.42 Å². The molecule has 0 spiro atoms. The van der Waals surface area contributed by atoms with Gasteiger partial charge in [-0.3, -0.25) is 0 Å². The molecule has 1 heterocycles. The molecule has 0 aliphatic heterocycles. The molecule has 16 heavy (non-hydrogen) atoms. The van der Waals surface area contributed by atoms with E-state index in [0.29, 0.717) is 6.61 Å². The topological polar surface area (TPSA) is 9.23 Å². The van der Waals surface area contributed by atoms with Gasteiger partial charge in [-0.1, -0.05) is 36.4 Å². The Morgan fingerprint density at radius 2 is 1.94 bits per heavy atom. The van der Waals surface area contributed by atoms with E-state index in [1.165, 1.54) is 10.4 Å². The minimum absolute atomic E-state index is 0.277. The van der Waals surface area contributed by atoms with Crippen LogP contribution in [0.5, 0.6) is 0 Å². The lowest BCUT2D eigenvalue weighted by molar-refractivity contribution is 0.0540. The van der Waals surface area contributed by atoms with Crippen molar-refractivity contribution in [1.29, 1.82) is 0 Å². The maximum atomic E-state index is 5.81. The molecule has 0 fully saturated rings. The van der Waals surface area contributed by atoms with Crippen LogP contribution in [0.4, 0.5) is 0 Å². The third-order valence-electron chi connectivity index (χ3n) is 2.45. The van der Waals surface area contributed by atoms with Crippen LogP contribution in [-0.2, 0) is 17.8 Å². The largest absolute Gasteiger partial charge is 0.373 e. The predicted octanol–water partition coefficient (Wildman–Crippen LogP) is 3.90. The van der Waals surface area contributed by atoms with Gasteiger partial charge >= 0.3 is 0 Å². The number of rotatable bonds is 5. The summed E-state index contributed by atoms with van der Waals surface area (Å²) in [4.78, 5) is 1.39. The van der Waals surface area contributed by atoms with E-state index in [1.54, 1.807) is 11.3 Å². The van der Waals surface area contributed by atoms with Crippen molar-refractivity contribution >= 4 is 11.3 Å². The van der Waals surface area contributed by atoms with Crippen LogP contribution >= 0.6 is 11.3 Å². The summed E-state index contributed by atoms with van der Waals surface area (Å²) >= 11 is 1.79. The maximum Gasteiger partial charge on any atom is 0.0720 e. The maximum absolute atomic E-state index is 5.81. The van der Waals surface area contributed by atoms with Gasteiger partial charge in [0.25, 0.3) is 0 Å². The molecular weight excluding hydrogens is 216 g/mol. The highest BCUT2D eigenvalue weighted by Gasteiger charge is 2.04. The van der Waals surface area contributed by atoms with E-state index >= 15 is 0 Å². The molecule has 1 aromatic heterocycles. The fraction of sp³-hybridized carbons (Fsp3) is 0.286. The van der Waals surface area contributed by atoms with E-state index in [4.69, 9.17) is 4.74 Å². The van der Waals surface area contributed by atoms with E-state index in [9.17, 15) is 0 Å². The zero-order valence-electron chi connectivity index (χ0n) is 9.43. The number of benzene rings is 1. The average Bonchev–Trinajstić information content (AvgIpc) is 2.81. The molecule has 1 atom stereocenters. The molecule has 0 bridgehead atoms. The Morgan fingerprint density at radius 3 is 2.62 bits per heavy atom. The molecule has 0 amide bonds. The zero-order valence-corrected chi connectivity index (χ0v) is 10.2. The molecule has 1 nitrogen and oxygen atoms in total. The van der Waals surface area contributed by atoms with E-state index in [2.05, 4.69) is 36.6 Å². The summed E-state index contributed by atoms with van der Waals surface area (Å²) in [7, 11) is 0. The van der Waals surface area contributed by atoms with Gasteiger partial charge in [-0.05, 0) is 23.9 Å². The van der Waals surface area contributed by atoms with Gasteiger partial charge < -0.3 is 4.74 Å². The van der Waals surface area contributed by atoms with Crippen molar-refractivity contribution in [3.8, 4) is 0 Å².